The van der Waals surface area contributed by atoms with Crippen molar-refractivity contribution in [2.45, 2.75) is 12.5 Å². The van der Waals surface area contributed by atoms with Gasteiger partial charge in [0.25, 0.3) is 0 Å². The van der Waals surface area contributed by atoms with E-state index in [1.807, 2.05) is 6.07 Å². The molecule has 1 aromatic rings. The van der Waals surface area contributed by atoms with Crippen molar-refractivity contribution in [3.05, 3.63) is 41.4 Å². The number of carboxylic acid groups (broad SMARTS) is 1. The number of nitrogens with one attached hydrogen (secondary N) is 2. The number of urea groups is 1. The van der Waals surface area contributed by atoms with Gasteiger partial charge < -0.3 is 15.7 Å². The van der Waals surface area contributed by atoms with Crippen LogP contribution in [0.5, 0.6) is 0 Å². The highest BCUT2D eigenvalue weighted by atomic mass is 35.5. The van der Waals surface area contributed by atoms with Crippen LogP contribution in [0.25, 0.3) is 0 Å². The molecule has 0 radical (unpaired) electrons. The summed E-state index contributed by atoms with van der Waals surface area (Å²) in [6, 6.07) is 4.49. The van der Waals surface area contributed by atoms with Crippen molar-refractivity contribution in [2.24, 2.45) is 0 Å². The van der Waals surface area contributed by atoms with E-state index in [4.69, 9.17) is 22.0 Å². The van der Waals surface area contributed by atoms with Gasteiger partial charge in [0.15, 0.2) is 0 Å². The van der Waals surface area contributed by atoms with Gasteiger partial charge in [-0.25, -0.2) is 9.59 Å². The van der Waals surface area contributed by atoms with Crippen LogP contribution in [0.15, 0.2) is 30.9 Å². The molecule has 7 heteroatoms. The number of carbonyl (C=O) groups is 2. The van der Waals surface area contributed by atoms with Crippen LogP contribution in [0.1, 0.15) is 12.0 Å². The molecule has 2 amide bonds. The number of aliphatic carboxylic acids is 1. The van der Waals surface area contributed by atoms with Gasteiger partial charge in [0, 0.05) is 0 Å². The molecule has 0 heterocycles. The van der Waals surface area contributed by atoms with Crippen molar-refractivity contribution < 1.29 is 14.7 Å². The average molecular weight is 294 g/mol. The first-order valence-electron chi connectivity index (χ1n) is 5.58. The van der Waals surface area contributed by atoms with Crippen molar-refractivity contribution in [1.29, 1.82) is 5.26 Å². The van der Waals surface area contributed by atoms with Crippen molar-refractivity contribution in [2.75, 3.05) is 5.32 Å². The number of benzene rings is 1. The summed E-state index contributed by atoms with van der Waals surface area (Å²) in [5, 5.41) is 22.5. The molecular formula is C13H12ClN3O3. The molecule has 0 fully saturated rings. The van der Waals surface area contributed by atoms with E-state index >= 15 is 0 Å². The molecule has 1 rings (SSSR count). The first-order chi connectivity index (χ1) is 9.47. The van der Waals surface area contributed by atoms with Crippen LogP contribution in [0.3, 0.4) is 0 Å². The monoisotopic (exact) mass is 293 g/mol. The molecule has 0 aliphatic heterocycles. The van der Waals surface area contributed by atoms with Gasteiger partial charge in [0.1, 0.15) is 6.04 Å². The van der Waals surface area contributed by atoms with E-state index in [1.54, 1.807) is 0 Å². The largest absolute Gasteiger partial charge is 0.480 e. The van der Waals surface area contributed by atoms with Crippen LogP contribution < -0.4 is 10.6 Å². The third-order valence-corrected chi connectivity index (χ3v) is 2.66. The Morgan fingerprint density at radius 3 is 2.75 bits per heavy atom. The van der Waals surface area contributed by atoms with Crippen LogP contribution >= 0.6 is 11.6 Å². The maximum absolute atomic E-state index is 11.7. The van der Waals surface area contributed by atoms with Crippen molar-refractivity contribution >= 4 is 29.3 Å². The Bertz CT molecular complexity index is 581. The van der Waals surface area contributed by atoms with E-state index in [1.165, 1.54) is 24.3 Å². The zero-order valence-electron chi connectivity index (χ0n) is 10.4. The Morgan fingerprint density at radius 1 is 1.55 bits per heavy atom. The normalized spacial score (nSPS) is 11.0. The third kappa shape index (κ3) is 4.30. The lowest BCUT2D eigenvalue weighted by Gasteiger charge is -2.14. The minimum atomic E-state index is -1.16. The topological polar surface area (TPSA) is 102 Å². The fourth-order valence-corrected chi connectivity index (χ4v) is 1.62. The first-order valence-corrected chi connectivity index (χ1v) is 5.96. The summed E-state index contributed by atoms with van der Waals surface area (Å²) in [4.78, 5) is 22.5. The van der Waals surface area contributed by atoms with E-state index in [0.29, 0.717) is 5.56 Å². The Hall–Kier alpha value is -2.52. The Morgan fingerprint density at radius 2 is 2.25 bits per heavy atom. The Labute approximate surface area is 120 Å². The molecule has 0 bridgehead atoms. The first kappa shape index (κ1) is 15.5. The summed E-state index contributed by atoms with van der Waals surface area (Å²) < 4.78 is 0. The zero-order valence-corrected chi connectivity index (χ0v) is 11.1. The van der Waals surface area contributed by atoms with E-state index in [-0.39, 0.29) is 17.1 Å². The second kappa shape index (κ2) is 7.16. The molecule has 1 aromatic carbocycles. The molecule has 0 saturated carbocycles. The van der Waals surface area contributed by atoms with Gasteiger partial charge in [-0.2, -0.15) is 5.26 Å². The second-order valence-electron chi connectivity index (χ2n) is 3.82. The molecule has 0 aromatic heterocycles. The Balaban J connectivity index is 2.73. The van der Waals surface area contributed by atoms with Gasteiger partial charge in [0.05, 0.1) is 22.3 Å². The standard InChI is InChI=1S/C13H12ClN3O3/c1-2-3-11(12(18)19)17-13(20)16-10-5-4-8(7-15)6-9(10)14/h2,4-6,11H,1,3H2,(H,18,19)(H2,16,17,20). The van der Waals surface area contributed by atoms with Crippen LogP contribution in [0.2, 0.25) is 5.02 Å². The maximum Gasteiger partial charge on any atom is 0.326 e. The fraction of sp³-hybridized carbons (Fsp3) is 0.154. The predicted octanol–water partition coefficient (Wildman–Crippen LogP) is 2.36. The molecule has 0 spiro atoms. The average Bonchev–Trinajstić information content (AvgIpc) is 2.40. The number of nitrogens with zero attached hydrogens (tertiary/aromatic N) is 1. The minimum Gasteiger partial charge on any atom is -0.480 e. The molecule has 6 nitrogen and oxygen atoms in total. The number of nitriles is 1. The number of carbonyl (C=O) groups excluding carboxylic acids is 1. The number of hydrogen-bond acceptors (Lipinski definition) is 3. The third-order valence-electron chi connectivity index (χ3n) is 2.35. The predicted molar refractivity (Wildman–Crippen MR) is 74.6 cm³/mol. The maximum atomic E-state index is 11.7. The van der Waals surface area contributed by atoms with Gasteiger partial charge in [-0.3, -0.25) is 0 Å². The highest BCUT2D eigenvalue weighted by Gasteiger charge is 2.18. The van der Waals surface area contributed by atoms with E-state index in [9.17, 15) is 9.59 Å². The molecule has 1 unspecified atom stereocenters. The molecule has 1 atom stereocenters. The van der Waals surface area contributed by atoms with E-state index < -0.39 is 18.0 Å². The summed E-state index contributed by atoms with van der Waals surface area (Å²) in [5.74, 6) is -1.16. The van der Waals surface area contributed by atoms with Crippen molar-refractivity contribution in [3.8, 4) is 6.07 Å². The van der Waals surface area contributed by atoms with Gasteiger partial charge in [-0.05, 0) is 24.6 Å². The summed E-state index contributed by atoms with van der Waals surface area (Å²) in [6.45, 7) is 3.42. The number of hydrogen-bond donors (Lipinski definition) is 3. The lowest BCUT2D eigenvalue weighted by Crippen LogP contribution is -2.42. The summed E-state index contributed by atoms with van der Waals surface area (Å²) in [7, 11) is 0. The fourth-order valence-electron chi connectivity index (χ4n) is 1.39. The van der Waals surface area contributed by atoms with Gasteiger partial charge in [-0.1, -0.05) is 17.7 Å². The smallest absolute Gasteiger partial charge is 0.326 e. The van der Waals surface area contributed by atoms with Crippen LogP contribution in [0, 0.1) is 11.3 Å². The summed E-state index contributed by atoms with van der Waals surface area (Å²) in [6.07, 6.45) is 1.50. The lowest BCUT2D eigenvalue weighted by atomic mass is 10.2. The summed E-state index contributed by atoms with van der Waals surface area (Å²) in [5.41, 5.74) is 0.641. The van der Waals surface area contributed by atoms with Crippen LogP contribution in [-0.2, 0) is 4.79 Å². The second-order valence-corrected chi connectivity index (χ2v) is 4.23. The summed E-state index contributed by atoms with van der Waals surface area (Å²) >= 11 is 5.89. The number of amides is 2. The van der Waals surface area contributed by atoms with Gasteiger partial charge >= 0.3 is 12.0 Å². The molecule has 0 aliphatic rings. The van der Waals surface area contributed by atoms with Gasteiger partial charge in [-0.15, -0.1) is 6.58 Å². The highest BCUT2D eigenvalue weighted by Crippen LogP contribution is 2.22. The van der Waals surface area contributed by atoms with Gasteiger partial charge in [0.2, 0.25) is 0 Å². The highest BCUT2D eigenvalue weighted by molar-refractivity contribution is 6.33. The van der Waals surface area contributed by atoms with Crippen LogP contribution in [-0.4, -0.2) is 23.1 Å². The molecule has 0 aliphatic carbocycles. The van der Waals surface area contributed by atoms with Crippen molar-refractivity contribution in [1.82, 2.24) is 5.32 Å². The minimum absolute atomic E-state index is 0.101. The van der Waals surface area contributed by atoms with Crippen molar-refractivity contribution in [3.63, 3.8) is 0 Å². The number of carboxylic acids is 1. The van der Waals surface area contributed by atoms with E-state index in [2.05, 4.69) is 17.2 Å². The zero-order chi connectivity index (χ0) is 15.1. The molecular weight excluding hydrogens is 282 g/mol. The SMILES string of the molecule is C=CCC(NC(=O)Nc1ccc(C#N)cc1Cl)C(=O)O. The number of halogens is 1. The number of anilines is 1. The molecule has 3 N–H and O–H groups in total. The van der Waals surface area contributed by atoms with E-state index in [0.717, 1.165) is 0 Å². The molecule has 20 heavy (non-hydrogen) atoms. The molecule has 104 valence electrons. The molecule has 0 saturated heterocycles. The quantitative estimate of drug-likeness (QED) is 0.725. The Kier molecular flexibility index (Phi) is 5.56. The number of rotatable bonds is 5. The lowest BCUT2D eigenvalue weighted by molar-refractivity contribution is -0.139. The van der Waals surface area contributed by atoms with Crippen LogP contribution in [0.4, 0.5) is 10.5 Å².